The number of nitrogens with zero attached hydrogens (tertiary/aromatic N) is 1. The van der Waals surface area contributed by atoms with Gasteiger partial charge in [0, 0.05) is 31.0 Å². The Kier molecular flexibility index (Phi) is 9.24. The van der Waals surface area contributed by atoms with E-state index in [0.717, 1.165) is 22.9 Å². The fraction of sp³-hybridized carbons (Fsp3) is 0.522. The maximum Gasteiger partial charge on any atom is 0.419 e. The molecule has 1 N–H and O–H groups in total. The smallest absolute Gasteiger partial charge is 0.419 e. The number of fused-ring (bicyclic) bond motifs is 1. The molecule has 0 aliphatic heterocycles. The second-order valence-electron chi connectivity index (χ2n) is 8.43. The Labute approximate surface area is 172 Å². The number of benzene rings is 1. The molecule has 0 aliphatic rings. The van der Waals surface area contributed by atoms with Crippen molar-refractivity contribution in [3.8, 4) is 0 Å². The minimum atomic E-state index is -0.552. The molecule has 0 amide bonds. The lowest BCUT2D eigenvalue weighted by atomic mass is 10.1. The van der Waals surface area contributed by atoms with Gasteiger partial charge in [-0.3, -0.25) is 9.36 Å². The zero-order valence-corrected chi connectivity index (χ0v) is 18.3. The van der Waals surface area contributed by atoms with Crippen LogP contribution in [0.2, 0.25) is 0 Å². The summed E-state index contributed by atoms with van der Waals surface area (Å²) in [5.74, 6) is 0.543. The summed E-state index contributed by atoms with van der Waals surface area (Å²) in [5, 5.41) is 9.45. The average molecular weight is 404 g/mol. The number of Topliss-reactive ketones (excluding diaryl/α,β-unsaturated/α-hetero) is 2. The van der Waals surface area contributed by atoms with Gasteiger partial charge in [-0.2, -0.15) is 0 Å². The van der Waals surface area contributed by atoms with Gasteiger partial charge >= 0.3 is 6.09 Å². The van der Waals surface area contributed by atoms with Crippen molar-refractivity contribution < 1.29 is 24.2 Å². The summed E-state index contributed by atoms with van der Waals surface area (Å²) in [6, 6.07) is 7.52. The predicted molar refractivity (Wildman–Crippen MR) is 114 cm³/mol. The molecular formula is C23H33NO5. The lowest BCUT2D eigenvalue weighted by molar-refractivity contribution is -0.117. The fourth-order valence-electron chi connectivity index (χ4n) is 2.66. The van der Waals surface area contributed by atoms with E-state index in [2.05, 4.69) is 0 Å². The molecular weight excluding hydrogens is 370 g/mol. The average Bonchev–Trinajstić information content (AvgIpc) is 2.97. The number of ether oxygens (including phenoxy) is 1. The van der Waals surface area contributed by atoms with E-state index in [1.807, 2.05) is 52.0 Å². The van der Waals surface area contributed by atoms with Crippen molar-refractivity contribution in [3.05, 3.63) is 36.0 Å². The van der Waals surface area contributed by atoms with Gasteiger partial charge in [0.2, 0.25) is 0 Å². The third kappa shape index (κ3) is 8.60. The van der Waals surface area contributed by atoms with Gasteiger partial charge in [0.25, 0.3) is 0 Å². The van der Waals surface area contributed by atoms with Crippen LogP contribution in [0.25, 0.3) is 10.9 Å². The molecule has 0 saturated carbocycles. The van der Waals surface area contributed by atoms with Crippen LogP contribution in [0.3, 0.4) is 0 Å². The third-order valence-electron chi connectivity index (χ3n) is 4.12. The molecule has 0 fully saturated rings. The highest BCUT2D eigenvalue weighted by atomic mass is 16.6. The quantitative estimate of drug-likeness (QED) is 0.765. The van der Waals surface area contributed by atoms with Crippen LogP contribution in [0.4, 0.5) is 4.79 Å². The number of carbonyl (C=O) groups is 3. The number of ketones is 2. The number of carbonyl (C=O) groups excluding carboxylic acids is 3. The van der Waals surface area contributed by atoms with E-state index in [-0.39, 0.29) is 24.1 Å². The van der Waals surface area contributed by atoms with Crippen molar-refractivity contribution in [1.29, 1.82) is 0 Å². The third-order valence-corrected chi connectivity index (χ3v) is 4.12. The number of aromatic nitrogens is 1. The van der Waals surface area contributed by atoms with Crippen LogP contribution in [-0.2, 0) is 20.7 Å². The molecule has 1 aromatic heterocycles. The van der Waals surface area contributed by atoms with Crippen LogP contribution in [0, 0.1) is 5.92 Å². The molecule has 0 saturated heterocycles. The molecule has 1 heterocycles. The van der Waals surface area contributed by atoms with Crippen molar-refractivity contribution in [2.24, 2.45) is 5.92 Å². The van der Waals surface area contributed by atoms with E-state index in [9.17, 15) is 14.4 Å². The molecule has 2 rings (SSSR count). The van der Waals surface area contributed by atoms with Gasteiger partial charge in [-0.25, -0.2) is 4.79 Å². The van der Waals surface area contributed by atoms with Crippen molar-refractivity contribution in [1.82, 2.24) is 4.57 Å². The molecule has 6 heteroatoms. The van der Waals surface area contributed by atoms with Gasteiger partial charge < -0.3 is 14.6 Å². The van der Waals surface area contributed by atoms with Crippen molar-refractivity contribution >= 4 is 28.6 Å². The lowest BCUT2D eigenvalue weighted by Crippen LogP contribution is -2.26. The first-order valence-electron chi connectivity index (χ1n) is 9.86. The highest BCUT2D eigenvalue weighted by Crippen LogP contribution is 2.23. The Morgan fingerprint density at radius 3 is 2.24 bits per heavy atom. The Morgan fingerprint density at radius 1 is 1.10 bits per heavy atom. The van der Waals surface area contributed by atoms with E-state index < -0.39 is 11.7 Å². The SMILES string of the molecule is CC(=O)CC[C@H](C)CO.CC(=O)Cc1cn(C(=O)OC(C)(C)C)c2ccccc12. The van der Waals surface area contributed by atoms with Crippen LogP contribution in [0.5, 0.6) is 0 Å². The Morgan fingerprint density at radius 2 is 1.72 bits per heavy atom. The Balaban J connectivity index is 0.000000396. The van der Waals surface area contributed by atoms with E-state index in [1.165, 1.54) is 4.57 Å². The van der Waals surface area contributed by atoms with E-state index in [1.54, 1.807) is 20.0 Å². The van der Waals surface area contributed by atoms with Crippen molar-refractivity contribution in [3.63, 3.8) is 0 Å². The summed E-state index contributed by atoms with van der Waals surface area (Å²) >= 11 is 0. The molecule has 0 bridgehead atoms. The van der Waals surface area contributed by atoms with Gasteiger partial charge in [-0.1, -0.05) is 25.1 Å². The van der Waals surface area contributed by atoms with Crippen molar-refractivity contribution in [2.75, 3.05) is 6.61 Å². The van der Waals surface area contributed by atoms with E-state index in [4.69, 9.17) is 9.84 Å². The first-order valence-corrected chi connectivity index (χ1v) is 9.86. The summed E-state index contributed by atoms with van der Waals surface area (Å²) in [6.45, 7) is 10.7. The van der Waals surface area contributed by atoms with Crippen LogP contribution in [0.15, 0.2) is 30.5 Å². The Bertz CT molecular complexity index is 845. The van der Waals surface area contributed by atoms with Crippen LogP contribution in [-0.4, -0.2) is 39.5 Å². The van der Waals surface area contributed by atoms with Gasteiger partial charge in [0.1, 0.15) is 17.2 Å². The van der Waals surface area contributed by atoms with Gasteiger partial charge in [-0.05, 0) is 58.6 Å². The number of para-hydroxylation sites is 1. The Hall–Kier alpha value is -2.47. The summed E-state index contributed by atoms with van der Waals surface area (Å²) in [7, 11) is 0. The number of hydrogen-bond acceptors (Lipinski definition) is 5. The largest absolute Gasteiger partial charge is 0.443 e. The van der Waals surface area contributed by atoms with Gasteiger partial charge in [0.15, 0.2) is 0 Å². The highest BCUT2D eigenvalue weighted by Gasteiger charge is 2.20. The summed E-state index contributed by atoms with van der Waals surface area (Å²) in [6.07, 6.45) is 2.99. The highest BCUT2D eigenvalue weighted by molar-refractivity contribution is 5.94. The number of hydrogen-bond donors (Lipinski definition) is 1. The van der Waals surface area contributed by atoms with Gasteiger partial charge in [0.05, 0.1) is 5.52 Å². The molecule has 0 spiro atoms. The fourth-order valence-corrected chi connectivity index (χ4v) is 2.66. The first-order chi connectivity index (χ1) is 13.4. The molecule has 0 radical (unpaired) electrons. The zero-order valence-electron chi connectivity index (χ0n) is 18.3. The first kappa shape index (κ1) is 24.6. The maximum atomic E-state index is 12.2. The summed E-state index contributed by atoms with van der Waals surface area (Å²) in [5.41, 5.74) is 1.06. The number of aliphatic hydroxyl groups is 1. The molecule has 6 nitrogen and oxygen atoms in total. The van der Waals surface area contributed by atoms with Crippen LogP contribution in [0.1, 0.15) is 59.9 Å². The topological polar surface area (TPSA) is 85.6 Å². The van der Waals surface area contributed by atoms with Gasteiger partial charge in [-0.15, -0.1) is 0 Å². The van der Waals surface area contributed by atoms with E-state index >= 15 is 0 Å². The molecule has 1 atom stereocenters. The van der Waals surface area contributed by atoms with Crippen LogP contribution < -0.4 is 0 Å². The molecule has 29 heavy (non-hydrogen) atoms. The molecule has 0 aliphatic carbocycles. The molecule has 2 aromatic rings. The number of rotatable bonds is 6. The van der Waals surface area contributed by atoms with E-state index in [0.29, 0.717) is 12.8 Å². The van der Waals surface area contributed by atoms with Crippen LogP contribution >= 0.6 is 0 Å². The standard InChI is InChI=1S/C16H19NO3.C7H14O2/c1-11(18)9-12-10-17(15(19)20-16(2,3)4)14-8-6-5-7-13(12)14;1-6(5-8)3-4-7(2)9/h5-8,10H,9H2,1-4H3;6,8H,3-5H2,1-2H3/t;6-/m.0/s1. The molecule has 1 aromatic carbocycles. The normalized spacial score (nSPS) is 12.1. The zero-order chi connectivity index (χ0) is 22.2. The second kappa shape index (κ2) is 10.9. The second-order valence-corrected chi connectivity index (χ2v) is 8.43. The lowest BCUT2D eigenvalue weighted by Gasteiger charge is -2.19. The minimum Gasteiger partial charge on any atom is -0.443 e. The summed E-state index contributed by atoms with van der Waals surface area (Å²) < 4.78 is 6.86. The molecule has 0 unspecified atom stereocenters. The van der Waals surface area contributed by atoms with Crippen molar-refractivity contribution in [2.45, 2.75) is 66.4 Å². The molecule has 160 valence electrons. The minimum absolute atomic E-state index is 0.0668. The number of aliphatic hydroxyl groups excluding tert-OH is 1. The predicted octanol–water partition coefficient (Wildman–Crippen LogP) is 4.54. The maximum absolute atomic E-state index is 12.2. The summed E-state index contributed by atoms with van der Waals surface area (Å²) in [4.78, 5) is 34.0. The monoisotopic (exact) mass is 403 g/mol.